The maximum Gasteiger partial charge on any atom is 0.143 e. The van der Waals surface area contributed by atoms with E-state index in [1.165, 1.54) is 0 Å². The number of carbonyl (C=O) groups excluding carboxylic acids is 2. The molecule has 0 fully saturated rings. The van der Waals surface area contributed by atoms with Crippen molar-refractivity contribution in [3.8, 4) is 0 Å². The van der Waals surface area contributed by atoms with E-state index < -0.39 is 5.92 Å². The third-order valence-corrected chi connectivity index (χ3v) is 3.15. The Labute approximate surface area is 109 Å². The smallest absolute Gasteiger partial charge is 0.143 e. The van der Waals surface area contributed by atoms with Crippen LogP contribution in [0.25, 0.3) is 0 Å². The predicted molar refractivity (Wildman–Crippen MR) is 73.5 cm³/mol. The number of hydrogen-bond acceptors (Lipinski definition) is 2. The zero-order valence-electron chi connectivity index (χ0n) is 11.1. The second-order valence-electron chi connectivity index (χ2n) is 4.71. The van der Waals surface area contributed by atoms with Gasteiger partial charge in [0.15, 0.2) is 0 Å². The molecule has 0 aromatic heterocycles. The molecule has 1 rings (SSSR count). The number of aldehydes is 1. The minimum Gasteiger partial charge on any atom is -0.303 e. The van der Waals surface area contributed by atoms with Gasteiger partial charge in [-0.2, -0.15) is 0 Å². The largest absolute Gasteiger partial charge is 0.303 e. The van der Waals surface area contributed by atoms with Crippen LogP contribution in [0.4, 0.5) is 0 Å². The normalized spacial score (nSPS) is 12.1. The quantitative estimate of drug-likeness (QED) is 0.379. The topological polar surface area (TPSA) is 34.1 Å². The van der Waals surface area contributed by atoms with Gasteiger partial charge in [-0.25, -0.2) is 0 Å². The van der Waals surface area contributed by atoms with Gasteiger partial charge in [0.2, 0.25) is 0 Å². The van der Waals surface area contributed by atoms with Crippen LogP contribution in [0.15, 0.2) is 30.3 Å². The van der Waals surface area contributed by atoms with Crippen molar-refractivity contribution in [3.63, 3.8) is 0 Å². The van der Waals surface area contributed by atoms with Gasteiger partial charge in [-0.15, -0.1) is 0 Å². The zero-order valence-corrected chi connectivity index (χ0v) is 11.1. The Hall–Kier alpha value is -1.44. The monoisotopic (exact) mass is 246 g/mol. The van der Waals surface area contributed by atoms with Crippen LogP contribution in [0.2, 0.25) is 0 Å². The van der Waals surface area contributed by atoms with Gasteiger partial charge >= 0.3 is 0 Å². The summed E-state index contributed by atoms with van der Waals surface area (Å²) >= 11 is 0. The molecule has 1 aromatic carbocycles. The van der Waals surface area contributed by atoms with Gasteiger partial charge in [0.05, 0.1) is 5.92 Å². The summed E-state index contributed by atoms with van der Waals surface area (Å²) < 4.78 is 0. The third kappa shape index (κ3) is 5.26. The van der Waals surface area contributed by atoms with Crippen molar-refractivity contribution in [3.05, 3.63) is 35.9 Å². The number of benzene rings is 1. The summed E-state index contributed by atoms with van der Waals surface area (Å²) in [5, 5.41) is 0. The standard InChI is InChI=1S/C16H22O2/c1-2-3-4-8-11-16(18)15(13-17)12-14-9-6-5-7-10-14/h5-7,9-10,13,15H,2-4,8,11-12H2,1H3. The Balaban J connectivity index is 2.40. The molecule has 0 amide bonds. The maximum absolute atomic E-state index is 11.9. The Morgan fingerprint density at radius 2 is 1.89 bits per heavy atom. The lowest BCUT2D eigenvalue weighted by molar-refractivity contribution is -0.127. The molecule has 1 aromatic rings. The van der Waals surface area contributed by atoms with Crippen LogP contribution < -0.4 is 0 Å². The Kier molecular flexibility index (Phi) is 7.00. The van der Waals surface area contributed by atoms with E-state index in [0.29, 0.717) is 12.8 Å². The van der Waals surface area contributed by atoms with Gasteiger partial charge in [0.1, 0.15) is 12.1 Å². The fourth-order valence-electron chi connectivity index (χ4n) is 2.02. The second-order valence-corrected chi connectivity index (χ2v) is 4.71. The molecular formula is C16H22O2. The molecule has 0 bridgehead atoms. The van der Waals surface area contributed by atoms with Crippen LogP contribution >= 0.6 is 0 Å². The van der Waals surface area contributed by atoms with Crippen molar-refractivity contribution in [1.29, 1.82) is 0 Å². The van der Waals surface area contributed by atoms with E-state index in [-0.39, 0.29) is 5.78 Å². The second kappa shape index (κ2) is 8.62. The molecule has 0 spiro atoms. The number of unbranched alkanes of at least 4 members (excludes halogenated alkanes) is 3. The van der Waals surface area contributed by atoms with Gasteiger partial charge in [-0.3, -0.25) is 4.79 Å². The molecule has 0 aliphatic heterocycles. The molecule has 0 saturated carbocycles. The van der Waals surface area contributed by atoms with Crippen LogP contribution in [0.5, 0.6) is 0 Å². The van der Waals surface area contributed by atoms with E-state index in [1.54, 1.807) is 0 Å². The van der Waals surface area contributed by atoms with Crippen molar-refractivity contribution in [2.24, 2.45) is 5.92 Å². The lowest BCUT2D eigenvalue weighted by atomic mass is 9.93. The van der Waals surface area contributed by atoms with Crippen LogP contribution in [0.3, 0.4) is 0 Å². The average Bonchev–Trinajstić information content (AvgIpc) is 2.42. The van der Waals surface area contributed by atoms with Crippen molar-refractivity contribution in [2.45, 2.75) is 45.4 Å². The molecule has 1 atom stereocenters. The zero-order chi connectivity index (χ0) is 13.2. The molecule has 0 radical (unpaired) electrons. The number of hydrogen-bond donors (Lipinski definition) is 0. The summed E-state index contributed by atoms with van der Waals surface area (Å²) in [4.78, 5) is 22.9. The van der Waals surface area contributed by atoms with Crippen molar-refractivity contribution in [2.75, 3.05) is 0 Å². The highest BCUT2D eigenvalue weighted by molar-refractivity contribution is 5.93. The minimum absolute atomic E-state index is 0.0879. The molecule has 0 heterocycles. The minimum atomic E-state index is -0.464. The van der Waals surface area contributed by atoms with E-state index in [9.17, 15) is 9.59 Å². The number of Topliss-reactive ketones (excluding diaryl/α,β-unsaturated/α-hetero) is 1. The highest BCUT2D eigenvalue weighted by Gasteiger charge is 2.17. The van der Waals surface area contributed by atoms with Crippen molar-refractivity contribution in [1.82, 2.24) is 0 Å². The molecular weight excluding hydrogens is 224 g/mol. The molecule has 0 aliphatic carbocycles. The van der Waals surface area contributed by atoms with Gasteiger partial charge in [-0.1, -0.05) is 56.5 Å². The Morgan fingerprint density at radius 3 is 2.50 bits per heavy atom. The highest BCUT2D eigenvalue weighted by atomic mass is 16.1. The first-order valence-electron chi connectivity index (χ1n) is 6.79. The molecule has 2 heteroatoms. The lowest BCUT2D eigenvalue weighted by Gasteiger charge is -2.09. The fourth-order valence-corrected chi connectivity index (χ4v) is 2.02. The molecule has 0 saturated heterocycles. The summed E-state index contributed by atoms with van der Waals surface area (Å²) in [6, 6.07) is 9.72. The first-order chi connectivity index (χ1) is 8.77. The predicted octanol–water partition coefficient (Wildman–Crippen LogP) is 3.58. The van der Waals surface area contributed by atoms with Crippen LogP contribution in [0.1, 0.15) is 44.6 Å². The fraction of sp³-hybridized carbons (Fsp3) is 0.500. The van der Waals surface area contributed by atoms with Crippen LogP contribution in [-0.2, 0) is 16.0 Å². The average molecular weight is 246 g/mol. The van der Waals surface area contributed by atoms with Gasteiger partial charge in [-0.05, 0) is 18.4 Å². The van der Waals surface area contributed by atoms with E-state index in [2.05, 4.69) is 6.92 Å². The molecule has 0 aliphatic rings. The van der Waals surface area contributed by atoms with E-state index in [0.717, 1.165) is 37.5 Å². The Morgan fingerprint density at radius 1 is 1.17 bits per heavy atom. The molecule has 2 nitrogen and oxygen atoms in total. The van der Waals surface area contributed by atoms with E-state index in [1.807, 2.05) is 30.3 Å². The summed E-state index contributed by atoms with van der Waals surface area (Å²) in [6.07, 6.45) is 6.19. The van der Waals surface area contributed by atoms with Crippen molar-refractivity contribution >= 4 is 12.1 Å². The van der Waals surface area contributed by atoms with Crippen LogP contribution in [-0.4, -0.2) is 12.1 Å². The molecule has 18 heavy (non-hydrogen) atoms. The number of rotatable bonds is 9. The number of carbonyl (C=O) groups is 2. The van der Waals surface area contributed by atoms with E-state index in [4.69, 9.17) is 0 Å². The lowest BCUT2D eigenvalue weighted by Crippen LogP contribution is -2.18. The SMILES string of the molecule is CCCCCCC(=O)C(C=O)Cc1ccccc1. The first kappa shape index (κ1) is 14.6. The molecule has 98 valence electrons. The van der Waals surface area contributed by atoms with Gasteiger partial charge in [0.25, 0.3) is 0 Å². The highest BCUT2D eigenvalue weighted by Crippen LogP contribution is 2.12. The summed E-state index contributed by atoms with van der Waals surface area (Å²) in [6.45, 7) is 2.14. The third-order valence-electron chi connectivity index (χ3n) is 3.15. The maximum atomic E-state index is 11.9. The molecule has 0 N–H and O–H groups in total. The van der Waals surface area contributed by atoms with E-state index >= 15 is 0 Å². The molecule has 1 unspecified atom stereocenters. The van der Waals surface area contributed by atoms with Gasteiger partial charge in [0, 0.05) is 6.42 Å². The summed E-state index contributed by atoms with van der Waals surface area (Å²) in [5.74, 6) is -0.376. The number of ketones is 1. The van der Waals surface area contributed by atoms with Gasteiger partial charge < -0.3 is 4.79 Å². The van der Waals surface area contributed by atoms with Crippen LogP contribution in [0, 0.1) is 5.92 Å². The Bertz CT molecular complexity index is 357. The first-order valence-corrected chi connectivity index (χ1v) is 6.79. The van der Waals surface area contributed by atoms with Crippen molar-refractivity contribution < 1.29 is 9.59 Å². The summed E-state index contributed by atoms with van der Waals surface area (Å²) in [7, 11) is 0. The summed E-state index contributed by atoms with van der Waals surface area (Å²) in [5.41, 5.74) is 1.05.